The van der Waals surface area contributed by atoms with Crippen LogP contribution in [0.25, 0.3) is 0 Å². The molecule has 1 aromatic rings. The van der Waals surface area contributed by atoms with Gasteiger partial charge in [-0.3, -0.25) is 0 Å². The second-order valence-corrected chi connectivity index (χ2v) is 5.41. The Labute approximate surface area is 103 Å². The number of anilines is 1. The van der Waals surface area contributed by atoms with Crippen LogP contribution in [0.3, 0.4) is 0 Å². The van der Waals surface area contributed by atoms with Crippen molar-refractivity contribution in [2.45, 2.75) is 24.1 Å². The highest BCUT2D eigenvalue weighted by Crippen LogP contribution is 2.25. The Hall–Kier alpha value is -0.350. The molecule has 1 unspecified atom stereocenters. The number of hydrogen-bond acceptors (Lipinski definition) is 3. The van der Waals surface area contributed by atoms with Gasteiger partial charge in [0.05, 0.1) is 6.20 Å². The monoisotopic (exact) mass is 289 g/mol. The summed E-state index contributed by atoms with van der Waals surface area (Å²) >= 11 is 9.73. The van der Waals surface area contributed by atoms with Gasteiger partial charge >= 0.3 is 0 Å². The maximum Gasteiger partial charge on any atom is 0.150 e. The van der Waals surface area contributed by atoms with E-state index in [-0.39, 0.29) is 0 Å². The Balaban J connectivity index is 2.13. The van der Waals surface area contributed by atoms with Gasteiger partial charge < -0.3 is 4.90 Å². The highest BCUT2D eigenvalue weighted by molar-refractivity contribution is 9.09. The normalized spacial score (nSPS) is 22.5. The third-order valence-electron chi connectivity index (χ3n) is 2.61. The molecule has 15 heavy (non-hydrogen) atoms. The molecule has 0 spiro atoms. The average molecular weight is 291 g/mol. The standard InChI is InChI=1S/C10H13BrClN3/c11-8-2-1-4-15(5-3-8)10-9(12)6-13-7-14-10/h6-8H,1-5H2. The first-order valence-electron chi connectivity index (χ1n) is 5.12. The number of aromatic nitrogens is 2. The molecule has 1 fully saturated rings. The molecule has 0 saturated carbocycles. The molecule has 0 aromatic carbocycles. The topological polar surface area (TPSA) is 29.0 Å². The van der Waals surface area contributed by atoms with Crippen LogP contribution in [0.2, 0.25) is 5.02 Å². The Kier molecular flexibility index (Phi) is 3.81. The molecule has 0 bridgehead atoms. The molecular formula is C10H13BrClN3. The van der Waals surface area contributed by atoms with E-state index in [1.54, 1.807) is 12.5 Å². The molecule has 0 radical (unpaired) electrons. The molecule has 1 aliphatic rings. The lowest BCUT2D eigenvalue weighted by molar-refractivity contribution is 0.753. The fourth-order valence-corrected chi connectivity index (χ4v) is 2.56. The van der Waals surface area contributed by atoms with Crippen LogP contribution in [-0.2, 0) is 0 Å². The highest BCUT2D eigenvalue weighted by atomic mass is 79.9. The van der Waals surface area contributed by atoms with Crippen LogP contribution in [-0.4, -0.2) is 27.9 Å². The fourth-order valence-electron chi connectivity index (χ4n) is 1.81. The van der Waals surface area contributed by atoms with Gasteiger partial charge in [-0.1, -0.05) is 27.5 Å². The van der Waals surface area contributed by atoms with Gasteiger partial charge in [-0.25, -0.2) is 9.97 Å². The van der Waals surface area contributed by atoms with Gasteiger partial charge in [0.25, 0.3) is 0 Å². The van der Waals surface area contributed by atoms with Crippen molar-refractivity contribution in [3.8, 4) is 0 Å². The van der Waals surface area contributed by atoms with Crippen molar-refractivity contribution in [2.24, 2.45) is 0 Å². The Bertz CT molecular complexity index is 334. The zero-order chi connectivity index (χ0) is 10.7. The molecule has 1 atom stereocenters. The van der Waals surface area contributed by atoms with Crippen molar-refractivity contribution in [1.29, 1.82) is 0 Å². The molecule has 0 N–H and O–H groups in total. The minimum absolute atomic E-state index is 0.628. The molecule has 2 rings (SSSR count). The summed E-state index contributed by atoms with van der Waals surface area (Å²) < 4.78 is 0. The first kappa shape index (κ1) is 11.1. The van der Waals surface area contributed by atoms with Crippen LogP contribution >= 0.6 is 27.5 Å². The maximum atomic E-state index is 6.07. The minimum atomic E-state index is 0.628. The summed E-state index contributed by atoms with van der Waals surface area (Å²) in [6, 6.07) is 0. The van der Waals surface area contributed by atoms with Gasteiger partial charge in [0.2, 0.25) is 0 Å². The van der Waals surface area contributed by atoms with Gasteiger partial charge in [-0.15, -0.1) is 0 Å². The van der Waals surface area contributed by atoms with Gasteiger partial charge in [-0.2, -0.15) is 0 Å². The van der Waals surface area contributed by atoms with Gasteiger partial charge in [0.15, 0.2) is 5.82 Å². The molecule has 5 heteroatoms. The second kappa shape index (κ2) is 5.12. The average Bonchev–Trinajstić information content (AvgIpc) is 2.44. The van der Waals surface area contributed by atoms with Crippen LogP contribution in [0.15, 0.2) is 12.5 Å². The zero-order valence-electron chi connectivity index (χ0n) is 8.37. The zero-order valence-corrected chi connectivity index (χ0v) is 10.7. The summed E-state index contributed by atoms with van der Waals surface area (Å²) in [5.41, 5.74) is 0. The number of halogens is 2. The van der Waals surface area contributed by atoms with E-state index in [0.29, 0.717) is 9.85 Å². The number of nitrogens with zero attached hydrogens (tertiary/aromatic N) is 3. The highest BCUT2D eigenvalue weighted by Gasteiger charge is 2.17. The predicted octanol–water partition coefficient (Wildman–Crippen LogP) is 2.88. The lowest BCUT2D eigenvalue weighted by atomic mass is 10.2. The van der Waals surface area contributed by atoms with E-state index in [1.165, 1.54) is 12.8 Å². The van der Waals surface area contributed by atoms with Crippen molar-refractivity contribution in [2.75, 3.05) is 18.0 Å². The van der Waals surface area contributed by atoms with E-state index < -0.39 is 0 Å². The Morgan fingerprint density at radius 1 is 1.40 bits per heavy atom. The van der Waals surface area contributed by atoms with Crippen LogP contribution < -0.4 is 4.90 Å². The van der Waals surface area contributed by atoms with Gasteiger partial charge in [0.1, 0.15) is 11.3 Å². The summed E-state index contributed by atoms with van der Waals surface area (Å²) in [6.45, 7) is 2.03. The van der Waals surface area contributed by atoms with Gasteiger partial charge in [-0.05, 0) is 19.3 Å². The SMILES string of the molecule is Clc1cncnc1N1CCCC(Br)CC1. The van der Waals surface area contributed by atoms with E-state index in [2.05, 4.69) is 30.8 Å². The van der Waals surface area contributed by atoms with Gasteiger partial charge in [0, 0.05) is 17.9 Å². The van der Waals surface area contributed by atoms with Crippen LogP contribution in [0.4, 0.5) is 5.82 Å². The largest absolute Gasteiger partial charge is 0.355 e. The summed E-state index contributed by atoms with van der Waals surface area (Å²) in [7, 11) is 0. The molecule has 1 aromatic heterocycles. The fraction of sp³-hybridized carbons (Fsp3) is 0.600. The molecule has 82 valence electrons. The first-order valence-corrected chi connectivity index (χ1v) is 6.41. The van der Waals surface area contributed by atoms with Crippen molar-refractivity contribution in [1.82, 2.24) is 9.97 Å². The van der Waals surface area contributed by atoms with Crippen molar-refractivity contribution >= 4 is 33.3 Å². The second-order valence-electron chi connectivity index (χ2n) is 3.71. The Morgan fingerprint density at radius 3 is 3.07 bits per heavy atom. The number of hydrogen-bond donors (Lipinski definition) is 0. The van der Waals surface area contributed by atoms with Crippen LogP contribution in [0.5, 0.6) is 0 Å². The lowest BCUT2D eigenvalue weighted by Crippen LogP contribution is -2.25. The number of rotatable bonds is 1. The van der Waals surface area contributed by atoms with E-state index in [4.69, 9.17) is 11.6 Å². The first-order chi connectivity index (χ1) is 7.27. The molecule has 0 amide bonds. The third-order valence-corrected chi connectivity index (χ3v) is 3.79. The predicted molar refractivity (Wildman–Crippen MR) is 65.8 cm³/mol. The maximum absolute atomic E-state index is 6.07. The molecule has 0 aliphatic carbocycles. The molecule has 1 saturated heterocycles. The summed E-state index contributed by atoms with van der Waals surface area (Å²) in [5, 5.41) is 0.644. The molecular weight excluding hydrogens is 277 g/mol. The van der Waals surface area contributed by atoms with Crippen molar-refractivity contribution in [3.63, 3.8) is 0 Å². The van der Waals surface area contributed by atoms with Crippen LogP contribution in [0.1, 0.15) is 19.3 Å². The van der Waals surface area contributed by atoms with Crippen LogP contribution in [0, 0.1) is 0 Å². The number of alkyl halides is 1. The lowest BCUT2D eigenvalue weighted by Gasteiger charge is -2.21. The molecule has 2 heterocycles. The van der Waals surface area contributed by atoms with E-state index in [9.17, 15) is 0 Å². The van der Waals surface area contributed by atoms with E-state index in [0.717, 1.165) is 25.3 Å². The van der Waals surface area contributed by atoms with Crippen molar-refractivity contribution in [3.05, 3.63) is 17.5 Å². The smallest absolute Gasteiger partial charge is 0.150 e. The van der Waals surface area contributed by atoms with E-state index >= 15 is 0 Å². The summed E-state index contributed by atoms with van der Waals surface area (Å²) in [6.07, 6.45) is 6.74. The van der Waals surface area contributed by atoms with E-state index in [1.807, 2.05) is 0 Å². The Morgan fingerprint density at radius 2 is 2.27 bits per heavy atom. The molecule has 1 aliphatic heterocycles. The summed E-state index contributed by atoms with van der Waals surface area (Å²) in [4.78, 5) is 11.0. The third kappa shape index (κ3) is 2.82. The summed E-state index contributed by atoms with van der Waals surface area (Å²) in [5.74, 6) is 0.869. The molecule has 3 nitrogen and oxygen atoms in total. The quantitative estimate of drug-likeness (QED) is 0.745. The van der Waals surface area contributed by atoms with Crippen molar-refractivity contribution < 1.29 is 0 Å². The minimum Gasteiger partial charge on any atom is -0.355 e.